The summed E-state index contributed by atoms with van der Waals surface area (Å²) in [7, 11) is 0. The van der Waals surface area contributed by atoms with Gasteiger partial charge in [0.05, 0.1) is 47.3 Å². The molecule has 27 heteroatoms. The Bertz CT molecular complexity index is 4130. The van der Waals surface area contributed by atoms with Crippen molar-refractivity contribution in [3.8, 4) is 28.6 Å². The summed E-state index contributed by atoms with van der Waals surface area (Å²) >= 11 is 0. The van der Waals surface area contributed by atoms with Gasteiger partial charge >= 0.3 is 35.7 Å². The number of carbonyl (C=O) groups excluding carboxylic acids is 8. The third-order valence-corrected chi connectivity index (χ3v) is 21.7. The maximum atomic E-state index is 15.4. The molecule has 0 radical (unpaired) electrons. The van der Waals surface area contributed by atoms with Gasteiger partial charge in [-0.1, -0.05) is 88.4 Å². The largest absolute Gasteiger partial charge is 0.508 e. The molecule has 11 rings (SSSR count). The Morgan fingerprint density at radius 1 is 0.825 bits per heavy atom. The highest BCUT2D eigenvalue weighted by Gasteiger charge is 2.78. The molecular weight excluding hydrogens is 1330 g/mol. The molecule has 8 N–H and O–H groups in total. The van der Waals surface area contributed by atoms with Crippen LogP contribution in [0.15, 0.2) is 113 Å². The van der Waals surface area contributed by atoms with Crippen LogP contribution in [0.25, 0.3) is 17.1 Å². The van der Waals surface area contributed by atoms with Crippen molar-refractivity contribution in [3.05, 3.63) is 141 Å². The first-order chi connectivity index (χ1) is 48.6. The minimum Gasteiger partial charge on any atom is -0.508 e. The van der Waals surface area contributed by atoms with E-state index in [-0.39, 0.29) is 82.0 Å². The van der Waals surface area contributed by atoms with Crippen molar-refractivity contribution in [2.45, 2.75) is 199 Å². The molecule has 103 heavy (non-hydrogen) atoms. The molecule has 6 aliphatic rings. The molecule has 11 atom stereocenters. The second-order valence-electron chi connectivity index (χ2n) is 30.2. The number of H-pyrrole nitrogens is 1. The lowest BCUT2D eigenvalue weighted by atomic mass is 9.44. The number of nitrogens with one attached hydrogen (secondary N) is 3. The SMILES string of the molecule is CC(=O)O[C@@]12CO[C@@H]1C[C@H](O)[C@@]1(C)C(=O)[C@H](O)C3=C(C)[C@@H](OC(=O)[C@H](OC(=O)CCC(=O)NC4CCN(C(=O)C5CCN(Cc6ccc(-n7c(-c8cc(C(C)C)c(O)cc8O)n[nH]c7=O)cc6)CC5)CC4)[C@@H](NC(=O)OC(C)(C)C)c4ccccc4)C[C@@](O)([C@@H](OC(=O)c4ccccc4)[C@H]21)C3(C)C. The number of nitrogens with zero attached hydrogens (tertiary/aromatic N) is 4. The predicted molar refractivity (Wildman–Crippen MR) is 369 cm³/mol. The summed E-state index contributed by atoms with van der Waals surface area (Å²) in [5.74, 6) is -7.62. The van der Waals surface area contributed by atoms with Gasteiger partial charge in [-0.15, -0.1) is 0 Å². The number of ether oxygens (including phenoxy) is 6. The van der Waals surface area contributed by atoms with Crippen molar-refractivity contribution >= 4 is 47.6 Å². The van der Waals surface area contributed by atoms with Gasteiger partial charge in [-0.3, -0.25) is 28.9 Å². The number of aromatic amines is 1. The van der Waals surface area contributed by atoms with E-state index in [0.717, 1.165) is 12.5 Å². The van der Waals surface area contributed by atoms with Crippen LogP contribution in [0.2, 0.25) is 0 Å². The van der Waals surface area contributed by atoms with E-state index in [2.05, 4.69) is 25.7 Å². The number of hydrogen-bond acceptors (Lipinski definition) is 22. The number of benzene rings is 4. The number of ketones is 1. The maximum absolute atomic E-state index is 15.4. The van der Waals surface area contributed by atoms with Crippen LogP contribution in [0.4, 0.5) is 4.79 Å². The minimum atomic E-state index is -2.50. The number of Topliss-reactive ketones (excluding diaryl/α,β-unsaturated/α-hetero) is 1. The molecule has 5 aromatic rings. The number of aromatic hydroxyl groups is 2. The monoisotopic (exact) mass is 1420 g/mol. The topological polar surface area (TPSA) is 374 Å². The van der Waals surface area contributed by atoms with Gasteiger partial charge in [0.25, 0.3) is 0 Å². The van der Waals surface area contributed by atoms with Gasteiger partial charge in [0.1, 0.15) is 53.2 Å². The highest BCUT2D eigenvalue weighted by molar-refractivity contribution is 5.94. The number of carbonyl (C=O) groups is 8. The zero-order valence-corrected chi connectivity index (χ0v) is 59.6. The zero-order valence-electron chi connectivity index (χ0n) is 59.6. The number of alkyl carbamates (subject to hydrolysis) is 1. The van der Waals surface area contributed by atoms with Crippen LogP contribution >= 0.6 is 0 Å². The third kappa shape index (κ3) is 14.8. The smallest absolute Gasteiger partial charge is 0.408 e. The van der Waals surface area contributed by atoms with Gasteiger partial charge < -0.3 is 69.5 Å². The molecule has 5 fully saturated rings. The second-order valence-corrected chi connectivity index (χ2v) is 30.2. The molecule has 3 aliphatic heterocycles. The summed E-state index contributed by atoms with van der Waals surface area (Å²) in [5, 5.41) is 72.2. The number of aliphatic hydroxyl groups excluding tert-OH is 2. The number of rotatable bonds is 19. The number of fused-ring (bicyclic) bond motifs is 5. The van der Waals surface area contributed by atoms with Gasteiger partial charge in [0, 0.05) is 69.3 Å². The third-order valence-electron chi connectivity index (χ3n) is 21.7. The van der Waals surface area contributed by atoms with Crippen LogP contribution in [0.1, 0.15) is 160 Å². The van der Waals surface area contributed by atoms with Gasteiger partial charge in [-0.05, 0) is 137 Å². The molecular formula is C76H93N7O20. The van der Waals surface area contributed by atoms with Crippen LogP contribution in [-0.4, -0.2) is 190 Å². The fourth-order valence-corrected chi connectivity index (χ4v) is 16.2. The van der Waals surface area contributed by atoms with E-state index in [1.165, 1.54) is 50.5 Å². The van der Waals surface area contributed by atoms with Gasteiger partial charge in [0.2, 0.25) is 17.9 Å². The summed E-state index contributed by atoms with van der Waals surface area (Å²) in [5.41, 5.74) is -7.22. The molecule has 4 aromatic carbocycles. The molecule has 0 unspecified atom stereocenters. The molecule has 3 aliphatic carbocycles. The summed E-state index contributed by atoms with van der Waals surface area (Å²) in [6.45, 7) is 18.0. The van der Waals surface area contributed by atoms with E-state index < -0.39 is 143 Å². The van der Waals surface area contributed by atoms with Crippen molar-refractivity contribution in [2.75, 3.05) is 32.8 Å². The van der Waals surface area contributed by atoms with Gasteiger partial charge in [0.15, 0.2) is 17.2 Å². The lowest BCUT2D eigenvalue weighted by molar-refractivity contribution is -0.346. The highest BCUT2D eigenvalue weighted by atomic mass is 16.6. The van der Waals surface area contributed by atoms with E-state index in [4.69, 9.17) is 28.4 Å². The number of likely N-dealkylation sites (tertiary alicyclic amines) is 2. The number of aliphatic hydroxyl groups is 3. The molecule has 2 bridgehead atoms. The maximum Gasteiger partial charge on any atom is 0.408 e. The van der Waals surface area contributed by atoms with Crippen molar-refractivity contribution in [3.63, 3.8) is 0 Å². The Morgan fingerprint density at radius 3 is 2.09 bits per heavy atom. The number of esters is 4. The van der Waals surface area contributed by atoms with Crippen LogP contribution in [0.3, 0.4) is 0 Å². The molecule has 2 saturated carbocycles. The Hall–Kier alpha value is -9.28. The predicted octanol–water partition coefficient (Wildman–Crippen LogP) is 6.69. The minimum absolute atomic E-state index is 0.0236. The van der Waals surface area contributed by atoms with E-state index in [0.29, 0.717) is 69.7 Å². The Balaban J connectivity index is 0.757. The first-order valence-electron chi connectivity index (χ1n) is 35.1. The van der Waals surface area contributed by atoms with Crippen LogP contribution < -0.4 is 16.3 Å². The first-order valence-corrected chi connectivity index (χ1v) is 35.1. The lowest BCUT2D eigenvalue weighted by Crippen LogP contribution is -2.81. The van der Waals surface area contributed by atoms with E-state index in [1.54, 1.807) is 87.5 Å². The van der Waals surface area contributed by atoms with Gasteiger partial charge in [-0.2, -0.15) is 5.10 Å². The quantitative estimate of drug-likeness (QED) is 0.0242. The molecule has 552 valence electrons. The number of phenolic OH excluding ortho intramolecular Hbond substituents is 2. The molecule has 3 saturated heterocycles. The average Bonchev–Trinajstić information content (AvgIpc) is 0.901. The van der Waals surface area contributed by atoms with E-state index >= 15 is 9.59 Å². The van der Waals surface area contributed by atoms with E-state index in [9.17, 15) is 59.1 Å². The number of piperidine rings is 2. The summed E-state index contributed by atoms with van der Waals surface area (Å²) < 4.78 is 37.9. The molecule has 3 amide bonds. The van der Waals surface area contributed by atoms with Crippen molar-refractivity contribution in [2.24, 2.45) is 22.7 Å². The molecule has 0 spiro atoms. The Labute approximate surface area is 596 Å². The van der Waals surface area contributed by atoms with Crippen LogP contribution in [-0.2, 0) is 63.7 Å². The van der Waals surface area contributed by atoms with Crippen molar-refractivity contribution < 1.29 is 92.3 Å². The molecule has 1 aromatic heterocycles. The Kier molecular flexibility index (Phi) is 21.4. The van der Waals surface area contributed by atoms with Gasteiger partial charge in [-0.25, -0.2) is 28.8 Å². The standard InChI is InChI=1S/C76H93N7O20/c1-41(2)50-35-51(53(86)36-52(50)85)66-79-80-70(95)83(66)49-23-21-44(22-24-49)39-81-31-27-46(28-32-81)67(92)82-33-29-48(30-34-82)77-57(88)25-26-58(89)100-62(60(45-17-13-11-14-18-45)78-71(96)103-72(5,6)7)69(94)99-54-38-76(97)65(101-68(93)47-19-15-12-16-20-47)63-74(10,64(91)61(90)59(42(54)3)73(76,8)9)55(87)37-56-75(63,40-98-56)102-43(4)84/h11-24,35-36,41,46,48,54-56,60-63,65,85-87,90,97H,25-34,37-40H2,1-10H3,(H,77,88)(H,78,96)(H,80,95)/t54-,55-,56+,60-,61+,62+,63-,65-,74+,75-,76+/m0/s1. The average molecular weight is 1420 g/mol. The molecule has 4 heterocycles. The number of hydrogen-bond donors (Lipinski definition) is 8. The number of phenols is 2. The summed E-state index contributed by atoms with van der Waals surface area (Å²) in [4.78, 5) is 132. The fraction of sp³-hybridized carbons (Fsp3) is 0.526. The Morgan fingerprint density at radius 2 is 1.48 bits per heavy atom. The number of amides is 3. The fourth-order valence-electron chi connectivity index (χ4n) is 16.2. The van der Waals surface area contributed by atoms with Crippen molar-refractivity contribution in [1.29, 1.82) is 0 Å². The highest BCUT2D eigenvalue weighted by Crippen LogP contribution is 2.64. The second kappa shape index (κ2) is 29.5. The number of aromatic nitrogens is 3. The lowest BCUT2D eigenvalue weighted by Gasteiger charge is -2.67. The summed E-state index contributed by atoms with van der Waals surface area (Å²) in [6, 6.07) is 24.1. The normalized spacial score (nSPS) is 26.4. The van der Waals surface area contributed by atoms with Crippen molar-refractivity contribution in [1.82, 2.24) is 35.2 Å². The van der Waals surface area contributed by atoms with E-state index in [1.807, 2.05) is 30.9 Å². The van der Waals surface area contributed by atoms with Crippen LogP contribution in [0.5, 0.6) is 11.5 Å². The summed E-state index contributed by atoms with van der Waals surface area (Å²) in [6.07, 6.45) is -11.2. The van der Waals surface area contributed by atoms with Crippen LogP contribution in [0, 0.1) is 22.7 Å². The molecule has 27 nitrogen and oxygen atoms in total. The zero-order chi connectivity index (χ0) is 74.4. The first kappa shape index (κ1) is 74.9.